The number of pyridine rings is 1. The third kappa shape index (κ3) is 2.45. The average molecular weight is 315 g/mol. The maximum Gasteiger partial charge on any atom is 0.0746 e. The zero-order valence-corrected chi connectivity index (χ0v) is 15.2. The topological polar surface area (TPSA) is 12.9 Å². The van der Waals surface area contributed by atoms with Crippen molar-refractivity contribution < 1.29 is 0 Å². The van der Waals surface area contributed by atoms with Crippen LogP contribution in [0.4, 0.5) is 0 Å². The molecule has 0 unspecified atom stereocenters. The smallest absolute Gasteiger partial charge is 0.0746 e. The molecule has 0 amide bonds. The van der Waals surface area contributed by atoms with Crippen molar-refractivity contribution in [1.82, 2.24) is 4.98 Å². The summed E-state index contributed by atoms with van der Waals surface area (Å²) >= 11 is 0. The number of fused-ring (bicyclic) bond motifs is 3. The summed E-state index contributed by atoms with van der Waals surface area (Å²) in [6.07, 6.45) is 1.97. The fourth-order valence-corrected chi connectivity index (χ4v) is 3.68. The zero-order valence-electron chi connectivity index (χ0n) is 15.2. The Kier molecular flexibility index (Phi) is 4.28. The van der Waals surface area contributed by atoms with E-state index in [0.29, 0.717) is 0 Å². The fraction of sp³-hybridized carbons (Fsp3) is 0.261. The van der Waals surface area contributed by atoms with Crippen LogP contribution in [0.2, 0.25) is 0 Å². The Morgan fingerprint density at radius 2 is 1.50 bits per heavy atom. The first-order valence-electron chi connectivity index (χ1n) is 8.75. The van der Waals surface area contributed by atoms with E-state index in [0.717, 1.165) is 5.69 Å². The van der Waals surface area contributed by atoms with Crippen molar-refractivity contribution >= 4 is 0 Å². The lowest BCUT2D eigenvalue weighted by molar-refractivity contribution is 0.660. The number of benzene rings is 2. The summed E-state index contributed by atoms with van der Waals surface area (Å²) in [7, 11) is 0. The van der Waals surface area contributed by atoms with E-state index in [9.17, 15) is 0 Å². The Bertz CT molecular complexity index is 860. The Morgan fingerprint density at radius 3 is 2.21 bits per heavy atom. The minimum absolute atomic E-state index is 0.0177. The molecule has 0 bridgehead atoms. The molecule has 1 aliphatic carbocycles. The van der Waals surface area contributed by atoms with Gasteiger partial charge in [-0.25, -0.2) is 0 Å². The van der Waals surface area contributed by atoms with Crippen molar-refractivity contribution in [3.63, 3.8) is 0 Å². The van der Waals surface area contributed by atoms with Gasteiger partial charge < -0.3 is 0 Å². The first-order chi connectivity index (χ1) is 11.6. The highest BCUT2D eigenvalue weighted by Gasteiger charge is 2.38. The van der Waals surface area contributed by atoms with Gasteiger partial charge in [0, 0.05) is 17.2 Å². The number of aryl methyl sites for hydroxylation is 1. The van der Waals surface area contributed by atoms with Gasteiger partial charge in [0.05, 0.1) is 5.69 Å². The fourth-order valence-electron chi connectivity index (χ4n) is 3.68. The molecule has 0 saturated carbocycles. The van der Waals surface area contributed by atoms with Crippen LogP contribution in [0.5, 0.6) is 0 Å². The summed E-state index contributed by atoms with van der Waals surface area (Å²) in [5, 5.41) is 0. The van der Waals surface area contributed by atoms with Crippen LogP contribution >= 0.6 is 0 Å². The Hall–Kier alpha value is -2.41. The maximum absolute atomic E-state index is 4.73. The summed E-state index contributed by atoms with van der Waals surface area (Å²) in [4.78, 5) is 4.73. The summed E-state index contributed by atoms with van der Waals surface area (Å²) in [6.45, 7) is 10.7. The van der Waals surface area contributed by atoms with E-state index in [2.05, 4.69) is 75.4 Å². The largest absolute Gasteiger partial charge is 0.256 e. The number of hydrogen-bond donors (Lipinski definition) is 0. The molecule has 0 atom stereocenters. The van der Waals surface area contributed by atoms with Gasteiger partial charge in [-0.05, 0) is 34.7 Å². The second kappa shape index (κ2) is 6.24. The van der Waals surface area contributed by atoms with E-state index in [1.807, 2.05) is 20.0 Å². The van der Waals surface area contributed by atoms with Crippen LogP contribution in [0.15, 0.2) is 60.8 Å². The number of hydrogen-bond acceptors (Lipinski definition) is 1. The molecule has 3 aromatic rings. The van der Waals surface area contributed by atoms with E-state index < -0.39 is 0 Å². The maximum atomic E-state index is 4.73. The summed E-state index contributed by atoms with van der Waals surface area (Å²) < 4.78 is 0. The zero-order chi connectivity index (χ0) is 17.3. The molecule has 0 aliphatic heterocycles. The number of aromatic nitrogens is 1. The van der Waals surface area contributed by atoms with Gasteiger partial charge in [0.25, 0.3) is 0 Å². The standard InChI is InChI=1S/C21H19N.C2H6/c1-14-12-18-20(22-13-14)17-11-7-10-16(19(17)21(18,2)3)15-8-5-4-6-9-15;1-2/h4-13H,1-3H3;1-2H3. The molecular formula is C23H25N. The molecule has 4 rings (SSSR count). The molecule has 1 heteroatoms. The van der Waals surface area contributed by atoms with Crippen LogP contribution in [0.1, 0.15) is 44.4 Å². The van der Waals surface area contributed by atoms with Gasteiger partial charge in [0.15, 0.2) is 0 Å². The predicted molar refractivity (Wildman–Crippen MR) is 103 cm³/mol. The van der Waals surface area contributed by atoms with Crippen molar-refractivity contribution in [2.45, 2.75) is 40.0 Å². The van der Waals surface area contributed by atoms with E-state index >= 15 is 0 Å². The Labute approximate surface area is 145 Å². The summed E-state index contributed by atoms with van der Waals surface area (Å²) in [5.74, 6) is 0. The molecule has 2 aromatic carbocycles. The van der Waals surface area contributed by atoms with Crippen LogP contribution in [0.25, 0.3) is 22.4 Å². The highest BCUT2D eigenvalue weighted by molar-refractivity contribution is 5.86. The van der Waals surface area contributed by atoms with Gasteiger partial charge in [-0.3, -0.25) is 4.98 Å². The van der Waals surface area contributed by atoms with E-state index in [1.165, 1.54) is 33.4 Å². The average Bonchev–Trinajstić information content (AvgIpc) is 2.85. The highest BCUT2D eigenvalue weighted by atomic mass is 14.7. The van der Waals surface area contributed by atoms with Gasteiger partial charge in [-0.1, -0.05) is 82.3 Å². The Morgan fingerprint density at radius 1 is 0.833 bits per heavy atom. The Balaban J connectivity index is 0.000000815. The summed E-state index contributed by atoms with van der Waals surface area (Å²) in [5.41, 5.74) is 8.96. The first kappa shape index (κ1) is 16.4. The number of nitrogens with zero attached hydrogens (tertiary/aromatic N) is 1. The molecule has 0 radical (unpaired) electrons. The molecule has 1 aromatic heterocycles. The molecular weight excluding hydrogens is 290 g/mol. The van der Waals surface area contributed by atoms with Crippen LogP contribution in [-0.2, 0) is 5.41 Å². The monoisotopic (exact) mass is 315 g/mol. The van der Waals surface area contributed by atoms with Gasteiger partial charge in [0.1, 0.15) is 0 Å². The van der Waals surface area contributed by atoms with Crippen molar-refractivity contribution in [1.29, 1.82) is 0 Å². The summed E-state index contributed by atoms with van der Waals surface area (Å²) in [6, 6.07) is 19.5. The second-order valence-corrected chi connectivity index (χ2v) is 6.63. The van der Waals surface area contributed by atoms with Crippen molar-refractivity contribution in [3.8, 4) is 22.4 Å². The number of rotatable bonds is 1. The van der Waals surface area contributed by atoms with Crippen molar-refractivity contribution in [2.75, 3.05) is 0 Å². The van der Waals surface area contributed by atoms with Crippen LogP contribution in [0, 0.1) is 6.92 Å². The third-order valence-electron chi connectivity index (χ3n) is 4.73. The molecule has 1 aliphatic rings. The molecule has 0 saturated heterocycles. The molecule has 0 N–H and O–H groups in total. The third-order valence-corrected chi connectivity index (χ3v) is 4.73. The SMILES string of the molecule is CC.Cc1cnc2c(c1)C(C)(C)c1c(-c3ccccc3)cccc1-2. The minimum Gasteiger partial charge on any atom is -0.256 e. The van der Waals surface area contributed by atoms with Crippen LogP contribution in [0.3, 0.4) is 0 Å². The second-order valence-electron chi connectivity index (χ2n) is 6.63. The van der Waals surface area contributed by atoms with E-state index in [1.54, 1.807) is 0 Å². The van der Waals surface area contributed by atoms with Gasteiger partial charge >= 0.3 is 0 Å². The van der Waals surface area contributed by atoms with Crippen molar-refractivity contribution in [2.24, 2.45) is 0 Å². The van der Waals surface area contributed by atoms with Gasteiger partial charge in [-0.15, -0.1) is 0 Å². The van der Waals surface area contributed by atoms with Crippen LogP contribution < -0.4 is 0 Å². The minimum atomic E-state index is -0.0177. The first-order valence-corrected chi connectivity index (χ1v) is 8.75. The molecule has 0 spiro atoms. The van der Waals surface area contributed by atoms with E-state index in [4.69, 9.17) is 4.98 Å². The lowest BCUT2D eigenvalue weighted by Crippen LogP contribution is -2.16. The molecule has 0 fully saturated rings. The van der Waals surface area contributed by atoms with E-state index in [-0.39, 0.29) is 5.41 Å². The van der Waals surface area contributed by atoms with Gasteiger partial charge in [0.2, 0.25) is 0 Å². The van der Waals surface area contributed by atoms with Crippen molar-refractivity contribution in [3.05, 3.63) is 77.5 Å². The molecule has 24 heavy (non-hydrogen) atoms. The highest BCUT2D eigenvalue weighted by Crippen LogP contribution is 2.51. The quantitative estimate of drug-likeness (QED) is 0.507. The molecule has 122 valence electrons. The predicted octanol–water partition coefficient (Wildman–Crippen LogP) is 6.39. The normalized spacial score (nSPS) is 13.5. The van der Waals surface area contributed by atoms with Crippen LogP contribution in [-0.4, -0.2) is 4.98 Å². The molecule has 1 heterocycles. The van der Waals surface area contributed by atoms with Gasteiger partial charge in [-0.2, -0.15) is 0 Å². The molecule has 1 nitrogen and oxygen atoms in total. The lowest BCUT2D eigenvalue weighted by Gasteiger charge is -2.24. The lowest BCUT2D eigenvalue weighted by atomic mass is 9.79.